The standard InChI is InChI=1S/C14H22N2O2S/c15-14-8-4-3-7-13(14)11-19(17,18)16-10-9-12-5-1-2-6-12/h3-4,7-8,12,16H,1-2,5-6,9-11,15H2. The first kappa shape index (κ1) is 14.3. The van der Waals surface area contributed by atoms with Gasteiger partial charge in [0.15, 0.2) is 0 Å². The van der Waals surface area contributed by atoms with Crippen molar-refractivity contribution in [3.8, 4) is 0 Å². The Kier molecular flexibility index (Phi) is 4.82. The highest BCUT2D eigenvalue weighted by atomic mass is 32.2. The minimum Gasteiger partial charge on any atom is -0.398 e. The van der Waals surface area contributed by atoms with E-state index in [0.29, 0.717) is 23.7 Å². The molecule has 5 heteroatoms. The SMILES string of the molecule is Nc1ccccc1CS(=O)(=O)NCCC1CCCC1. The lowest BCUT2D eigenvalue weighted by Gasteiger charge is -2.11. The summed E-state index contributed by atoms with van der Waals surface area (Å²) in [6.07, 6.45) is 6.01. The first-order chi connectivity index (χ1) is 9.07. The van der Waals surface area contributed by atoms with Crippen molar-refractivity contribution >= 4 is 15.7 Å². The minimum absolute atomic E-state index is 0.0374. The van der Waals surface area contributed by atoms with Crippen LogP contribution >= 0.6 is 0 Å². The van der Waals surface area contributed by atoms with Crippen LogP contribution in [0.3, 0.4) is 0 Å². The van der Waals surface area contributed by atoms with E-state index in [-0.39, 0.29) is 5.75 Å². The van der Waals surface area contributed by atoms with Crippen molar-refractivity contribution in [1.29, 1.82) is 0 Å². The molecule has 1 fully saturated rings. The lowest BCUT2D eigenvalue weighted by atomic mass is 10.1. The Morgan fingerprint density at radius 3 is 2.58 bits per heavy atom. The van der Waals surface area contributed by atoms with Crippen LogP contribution in [-0.2, 0) is 15.8 Å². The van der Waals surface area contributed by atoms with Crippen LogP contribution in [0.2, 0.25) is 0 Å². The smallest absolute Gasteiger partial charge is 0.215 e. The van der Waals surface area contributed by atoms with Crippen molar-refractivity contribution < 1.29 is 8.42 Å². The van der Waals surface area contributed by atoms with Gasteiger partial charge in [-0.25, -0.2) is 13.1 Å². The molecule has 106 valence electrons. The fourth-order valence-corrected chi connectivity index (χ4v) is 3.84. The number of rotatable bonds is 6. The molecule has 0 amide bonds. The van der Waals surface area contributed by atoms with Gasteiger partial charge in [0.1, 0.15) is 0 Å². The van der Waals surface area contributed by atoms with Gasteiger partial charge in [-0.2, -0.15) is 0 Å². The van der Waals surface area contributed by atoms with Gasteiger partial charge in [0.25, 0.3) is 0 Å². The Balaban J connectivity index is 1.83. The Hall–Kier alpha value is -1.07. The second-order valence-corrected chi connectivity index (χ2v) is 7.10. The number of nitrogen functional groups attached to an aromatic ring is 1. The first-order valence-corrected chi connectivity index (χ1v) is 8.53. The van der Waals surface area contributed by atoms with Gasteiger partial charge >= 0.3 is 0 Å². The molecule has 4 nitrogen and oxygen atoms in total. The molecular formula is C14H22N2O2S. The van der Waals surface area contributed by atoms with Gasteiger partial charge in [-0.3, -0.25) is 0 Å². The highest BCUT2D eigenvalue weighted by Crippen LogP contribution is 2.27. The van der Waals surface area contributed by atoms with E-state index in [2.05, 4.69) is 4.72 Å². The van der Waals surface area contributed by atoms with E-state index >= 15 is 0 Å². The summed E-state index contributed by atoms with van der Waals surface area (Å²) in [6, 6.07) is 7.09. The summed E-state index contributed by atoms with van der Waals surface area (Å²) in [5, 5.41) is 0. The fraction of sp³-hybridized carbons (Fsp3) is 0.571. The molecule has 1 saturated carbocycles. The molecule has 0 spiro atoms. The Morgan fingerprint density at radius 1 is 1.21 bits per heavy atom. The van der Waals surface area contributed by atoms with Gasteiger partial charge in [-0.15, -0.1) is 0 Å². The predicted molar refractivity (Wildman–Crippen MR) is 78.1 cm³/mol. The average molecular weight is 282 g/mol. The maximum Gasteiger partial charge on any atom is 0.215 e. The zero-order chi connectivity index (χ0) is 13.7. The molecule has 0 aromatic heterocycles. The highest BCUT2D eigenvalue weighted by Gasteiger charge is 2.17. The molecule has 3 N–H and O–H groups in total. The lowest BCUT2D eigenvalue weighted by molar-refractivity contribution is 0.495. The molecular weight excluding hydrogens is 260 g/mol. The third-order valence-corrected chi connectivity index (χ3v) is 5.08. The second kappa shape index (κ2) is 6.39. The third-order valence-electron chi connectivity index (χ3n) is 3.75. The average Bonchev–Trinajstić information content (AvgIpc) is 2.85. The van der Waals surface area contributed by atoms with E-state index in [9.17, 15) is 8.42 Å². The first-order valence-electron chi connectivity index (χ1n) is 6.87. The molecule has 0 unspecified atom stereocenters. The molecule has 0 bridgehead atoms. The summed E-state index contributed by atoms with van der Waals surface area (Å²) < 4.78 is 26.6. The molecule has 1 aliphatic carbocycles. The van der Waals surface area contributed by atoms with Gasteiger partial charge in [0.05, 0.1) is 5.75 Å². The van der Waals surface area contributed by atoms with Crippen molar-refractivity contribution in [1.82, 2.24) is 4.72 Å². The van der Waals surface area contributed by atoms with Crippen molar-refractivity contribution in [2.24, 2.45) is 5.92 Å². The van der Waals surface area contributed by atoms with Crippen LogP contribution in [0.4, 0.5) is 5.69 Å². The number of hydrogen-bond donors (Lipinski definition) is 2. The van der Waals surface area contributed by atoms with Crippen molar-refractivity contribution in [2.45, 2.75) is 37.9 Å². The number of benzene rings is 1. The molecule has 1 aromatic carbocycles. The molecule has 0 saturated heterocycles. The van der Waals surface area contributed by atoms with Crippen molar-refractivity contribution in [3.05, 3.63) is 29.8 Å². The van der Waals surface area contributed by atoms with Gasteiger partial charge in [0, 0.05) is 12.2 Å². The Morgan fingerprint density at radius 2 is 1.89 bits per heavy atom. The maximum atomic E-state index is 12.0. The predicted octanol–water partition coefficient (Wildman–Crippen LogP) is 2.27. The third kappa shape index (κ3) is 4.51. The number of anilines is 1. The molecule has 2 rings (SSSR count). The van der Waals surface area contributed by atoms with Crippen molar-refractivity contribution in [3.63, 3.8) is 0 Å². The van der Waals surface area contributed by atoms with Gasteiger partial charge < -0.3 is 5.73 Å². The molecule has 0 atom stereocenters. The molecule has 1 aliphatic rings. The van der Waals surface area contributed by atoms with E-state index in [4.69, 9.17) is 5.73 Å². The summed E-state index contributed by atoms with van der Waals surface area (Å²) in [4.78, 5) is 0. The normalized spacial score (nSPS) is 16.8. The second-order valence-electron chi connectivity index (χ2n) is 5.29. The van der Waals surface area contributed by atoms with Crippen LogP contribution < -0.4 is 10.5 Å². The summed E-state index contributed by atoms with van der Waals surface area (Å²) >= 11 is 0. The lowest BCUT2D eigenvalue weighted by Crippen LogP contribution is -2.27. The van der Waals surface area contributed by atoms with Crippen LogP contribution in [0.25, 0.3) is 0 Å². The monoisotopic (exact) mass is 282 g/mol. The summed E-state index contributed by atoms with van der Waals surface area (Å²) in [6.45, 7) is 0.541. The zero-order valence-electron chi connectivity index (χ0n) is 11.1. The summed E-state index contributed by atoms with van der Waals surface area (Å²) in [5.74, 6) is 0.661. The topological polar surface area (TPSA) is 72.2 Å². The number of hydrogen-bond acceptors (Lipinski definition) is 3. The van der Waals surface area contributed by atoms with Crippen LogP contribution in [0.1, 0.15) is 37.7 Å². The van der Waals surface area contributed by atoms with Gasteiger partial charge in [-0.05, 0) is 24.0 Å². The van der Waals surface area contributed by atoms with Gasteiger partial charge in [0.2, 0.25) is 10.0 Å². The maximum absolute atomic E-state index is 12.0. The molecule has 0 radical (unpaired) electrons. The molecule has 1 aromatic rings. The summed E-state index contributed by atoms with van der Waals surface area (Å²) in [5.41, 5.74) is 6.96. The Labute approximate surface area is 115 Å². The van der Waals surface area contributed by atoms with Crippen LogP contribution in [0, 0.1) is 5.92 Å². The molecule has 0 aliphatic heterocycles. The van der Waals surface area contributed by atoms with Crippen LogP contribution in [-0.4, -0.2) is 15.0 Å². The number of nitrogens with two attached hydrogens (primary N) is 1. The number of nitrogens with one attached hydrogen (secondary N) is 1. The van der Waals surface area contributed by atoms with Crippen LogP contribution in [0.15, 0.2) is 24.3 Å². The quantitative estimate of drug-likeness (QED) is 0.786. The molecule has 0 heterocycles. The minimum atomic E-state index is -3.28. The van der Waals surface area contributed by atoms with E-state index < -0.39 is 10.0 Å². The molecule has 19 heavy (non-hydrogen) atoms. The largest absolute Gasteiger partial charge is 0.398 e. The summed E-state index contributed by atoms with van der Waals surface area (Å²) in [7, 11) is -3.28. The van der Waals surface area contributed by atoms with Gasteiger partial charge in [-0.1, -0.05) is 43.9 Å². The van der Waals surface area contributed by atoms with Crippen molar-refractivity contribution in [2.75, 3.05) is 12.3 Å². The Bertz CT molecular complexity index is 508. The van der Waals surface area contributed by atoms with E-state index in [1.807, 2.05) is 0 Å². The zero-order valence-corrected chi connectivity index (χ0v) is 12.0. The van der Waals surface area contributed by atoms with Crippen LogP contribution in [0.5, 0.6) is 0 Å². The number of para-hydroxylation sites is 1. The van der Waals surface area contributed by atoms with E-state index in [1.165, 1.54) is 25.7 Å². The van der Waals surface area contributed by atoms with E-state index in [0.717, 1.165) is 6.42 Å². The van der Waals surface area contributed by atoms with E-state index in [1.54, 1.807) is 24.3 Å². The number of sulfonamides is 1. The highest BCUT2D eigenvalue weighted by molar-refractivity contribution is 7.88. The fourth-order valence-electron chi connectivity index (χ4n) is 2.64.